The third-order valence-corrected chi connectivity index (χ3v) is 5.91. The van der Waals surface area contributed by atoms with E-state index in [1.807, 2.05) is 24.3 Å². The average molecular weight is 439 g/mol. The molecule has 1 aliphatic rings. The Morgan fingerprint density at radius 3 is 2.06 bits per heavy atom. The van der Waals surface area contributed by atoms with Gasteiger partial charge in [-0.2, -0.15) is 0 Å². The number of nitrogens with one attached hydrogen (secondary N) is 2. The van der Waals surface area contributed by atoms with Gasteiger partial charge in [-0.3, -0.25) is 9.59 Å². The zero-order valence-electron chi connectivity index (χ0n) is 18.8. The molecule has 2 aromatic carbocycles. The van der Waals surface area contributed by atoms with E-state index >= 15 is 0 Å². The summed E-state index contributed by atoms with van der Waals surface area (Å²) in [6.07, 6.45) is -0.606. The highest BCUT2D eigenvalue weighted by Gasteiger charge is 2.31. The molecule has 32 heavy (non-hydrogen) atoms. The van der Waals surface area contributed by atoms with Crippen LogP contribution in [0.2, 0.25) is 0 Å². The highest BCUT2D eigenvalue weighted by Crippen LogP contribution is 2.44. The van der Waals surface area contributed by atoms with Crippen LogP contribution in [-0.4, -0.2) is 41.3 Å². The molecule has 3 rings (SSSR count). The highest BCUT2D eigenvalue weighted by molar-refractivity contribution is 5.80. The third-order valence-electron chi connectivity index (χ3n) is 5.91. The van der Waals surface area contributed by atoms with Crippen LogP contribution in [0.1, 0.15) is 51.2 Å². The van der Waals surface area contributed by atoms with Gasteiger partial charge in [0.25, 0.3) is 0 Å². The van der Waals surface area contributed by atoms with Gasteiger partial charge < -0.3 is 20.5 Å². The molecule has 2 atom stereocenters. The first kappa shape index (κ1) is 23.3. The molecule has 7 heteroatoms. The van der Waals surface area contributed by atoms with E-state index in [-0.39, 0.29) is 24.9 Å². The number of carboxylic acid groups (broad SMARTS) is 1. The predicted octanol–water partition coefficient (Wildman–Crippen LogP) is 3.92. The Bertz CT molecular complexity index is 971. The lowest BCUT2D eigenvalue weighted by Crippen LogP contribution is -2.49. The molecule has 2 aromatic rings. The maximum Gasteiger partial charge on any atom is 0.407 e. The number of benzene rings is 2. The van der Waals surface area contributed by atoms with Crippen molar-refractivity contribution in [3.8, 4) is 11.1 Å². The van der Waals surface area contributed by atoms with E-state index < -0.39 is 29.6 Å². The normalized spacial score (nSPS) is 14.6. The lowest BCUT2D eigenvalue weighted by molar-refractivity contribution is -0.142. The van der Waals surface area contributed by atoms with Crippen molar-refractivity contribution in [1.82, 2.24) is 10.6 Å². The number of fused-ring (bicyclic) bond motifs is 3. The fourth-order valence-corrected chi connectivity index (χ4v) is 4.00. The number of hydrogen-bond acceptors (Lipinski definition) is 4. The molecule has 0 heterocycles. The van der Waals surface area contributed by atoms with E-state index in [9.17, 15) is 14.4 Å². The fourth-order valence-electron chi connectivity index (χ4n) is 4.00. The van der Waals surface area contributed by atoms with Gasteiger partial charge >= 0.3 is 12.1 Å². The molecule has 3 N–H and O–H groups in total. The topological polar surface area (TPSA) is 105 Å². The number of hydrogen-bond donors (Lipinski definition) is 3. The summed E-state index contributed by atoms with van der Waals surface area (Å²) in [7, 11) is 0. The Hall–Kier alpha value is -3.35. The molecule has 1 aliphatic carbocycles. The Labute approximate surface area is 188 Å². The van der Waals surface area contributed by atoms with Crippen LogP contribution in [0, 0.1) is 5.92 Å². The van der Waals surface area contributed by atoms with Gasteiger partial charge in [-0.1, -0.05) is 48.5 Å². The van der Waals surface area contributed by atoms with Crippen LogP contribution in [0.15, 0.2) is 48.5 Å². The quantitative estimate of drug-likeness (QED) is 0.579. The summed E-state index contributed by atoms with van der Waals surface area (Å²) in [5.41, 5.74) is 3.69. The van der Waals surface area contributed by atoms with E-state index in [1.165, 1.54) is 6.92 Å². The van der Waals surface area contributed by atoms with Crippen LogP contribution >= 0.6 is 0 Å². The third kappa shape index (κ3) is 5.28. The molecule has 0 saturated carbocycles. The van der Waals surface area contributed by atoms with Crippen molar-refractivity contribution in [2.24, 2.45) is 5.92 Å². The molecule has 2 unspecified atom stereocenters. The number of aliphatic carboxylic acids is 1. The fraction of sp³-hybridized carbons (Fsp3) is 0.400. The van der Waals surface area contributed by atoms with Gasteiger partial charge in [-0.15, -0.1) is 0 Å². The van der Waals surface area contributed by atoms with Crippen molar-refractivity contribution in [3.05, 3.63) is 59.7 Å². The minimum absolute atomic E-state index is 0.00608. The first-order valence-corrected chi connectivity index (χ1v) is 10.7. The standard InChI is InChI=1S/C25H30N2O5/c1-15(23(29)30)16(2)26-22(28)13-25(3,4)27-24(31)32-14-21-19-11-7-5-9-17(19)18-10-6-8-12-20(18)21/h5-12,15-16,21H,13-14H2,1-4H3,(H,26,28)(H,27,31)(H,29,30). The van der Waals surface area contributed by atoms with Crippen molar-refractivity contribution in [3.63, 3.8) is 0 Å². The van der Waals surface area contributed by atoms with Crippen LogP contribution in [-0.2, 0) is 14.3 Å². The van der Waals surface area contributed by atoms with Crippen LogP contribution in [0.4, 0.5) is 4.79 Å². The van der Waals surface area contributed by atoms with Gasteiger partial charge in [0.05, 0.1) is 5.92 Å². The number of rotatable bonds is 8. The second-order valence-corrected chi connectivity index (χ2v) is 8.99. The SMILES string of the molecule is CC(NC(=O)CC(C)(C)NC(=O)OCC1c2ccccc2-c2ccccc21)C(C)C(=O)O. The van der Waals surface area contributed by atoms with Crippen LogP contribution in [0.3, 0.4) is 0 Å². The van der Waals surface area contributed by atoms with Gasteiger partial charge in [-0.05, 0) is 49.9 Å². The molecule has 0 bridgehead atoms. The van der Waals surface area contributed by atoms with Crippen molar-refractivity contribution < 1.29 is 24.2 Å². The molecule has 7 nitrogen and oxygen atoms in total. The molecule has 0 aliphatic heterocycles. The van der Waals surface area contributed by atoms with Crippen LogP contribution < -0.4 is 10.6 Å². The summed E-state index contributed by atoms with van der Waals surface area (Å²) < 4.78 is 5.55. The van der Waals surface area contributed by atoms with Crippen molar-refractivity contribution in [1.29, 1.82) is 0 Å². The van der Waals surface area contributed by atoms with E-state index in [0.717, 1.165) is 22.3 Å². The number of carbonyl (C=O) groups excluding carboxylic acids is 2. The molecule has 170 valence electrons. The average Bonchev–Trinajstić information content (AvgIpc) is 3.04. The first-order valence-electron chi connectivity index (χ1n) is 10.7. The summed E-state index contributed by atoms with van der Waals surface area (Å²) in [5.74, 6) is -2.07. The molecular formula is C25H30N2O5. The zero-order chi connectivity index (χ0) is 23.5. The van der Waals surface area contributed by atoms with Gasteiger partial charge in [-0.25, -0.2) is 4.79 Å². The van der Waals surface area contributed by atoms with E-state index in [0.29, 0.717) is 0 Å². The van der Waals surface area contributed by atoms with E-state index in [2.05, 4.69) is 34.9 Å². The number of carbonyl (C=O) groups is 3. The monoisotopic (exact) mass is 438 g/mol. The predicted molar refractivity (Wildman–Crippen MR) is 121 cm³/mol. The first-order chi connectivity index (χ1) is 15.1. The molecule has 0 fully saturated rings. The molecule has 0 radical (unpaired) electrons. The van der Waals surface area contributed by atoms with Crippen LogP contribution in [0.25, 0.3) is 11.1 Å². The minimum atomic E-state index is -0.978. The Morgan fingerprint density at radius 1 is 1.00 bits per heavy atom. The molecule has 2 amide bonds. The smallest absolute Gasteiger partial charge is 0.407 e. The van der Waals surface area contributed by atoms with E-state index in [4.69, 9.17) is 9.84 Å². The highest BCUT2D eigenvalue weighted by atomic mass is 16.5. The summed E-state index contributed by atoms with van der Waals surface area (Å²) in [4.78, 5) is 35.9. The van der Waals surface area contributed by atoms with Crippen LogP contribution in [0.5, 0.6) is 0 Å². The van der Waals surface area contributed by atoms with Crippen molar-refractivity contribution in [2.75, 3.05) is 6.61 Å². The Morgan fingerprint density at radius 2 is 1.53 bits per heavy atom. The lowest BCUT2D eigenvalue weighted by Gasteiger charge is -2.27. The van der Waals surface area contributed by atoms with Crippen molar-refractivity contribution >= 4 is 18.0 Å². The minimum Gasteiger partial charge on any atom is -0.481 e. The number of alkyl carbamates (subject to hydrolysis) is 1. The van der Waals surface area contributed by atoms with Crippen molar-refractivity contribution in [2.45, 2.75) is 51.6 Å². The Balaban J connectivity index is 1.56. The largest absolute Gasteiger partial charge is 0.481 e. The summed E-state index contributed by atoms with van der Waals surface area (Å²) >= 11 is 0. The number of amides is 2. The van der Waals surface area contributed by atoms with Gasteiger partial charge in [0, 0.05) is 23.9 Å². The zero-order valence-corrected chi connectivity index (χ0v) is 18.8. The summed E-state index contributed by atoms with van der Waals surface area (Å²) in [6.45, 7) is 6.81. The molecule has 0 spiro atoms. The summed E-state index contributed by atoms with van der Waals surface area (Å²) in [5, 5.41) is 14.5. The lowest BCUT2D eigenvalue weighted by atomic mass is 9.98. The summed E-state index contributed by atoms with van der Waals surface area (Å²) in [6, 6.07) is 15.7. The Kier molecular flexibility index (Phi) is 6.87. The second-order valence-electron chi connectivity index (χ2n) is 8.99. The van der Waals surface area contributed by atoms with Gasteiger partial charge in [0.1, 0.15) is 6.61 Å². The van der Waals surface area contributed by atoms with Gasteiger partial charge in [0.15, 0.2) is 0 Å². The number of ether oxygens (including phenoxy) is 1. The maximum absolute atomic E-state index is 12.5. The molecule has 0 saturated heterocycles. The molecule has 0 aromatic heterocycles. The molecular weight excluding hydrogens is 408 g/mol. The maximum atomic E-state index is 12.5. The number of carboxylic acids is 1. The van der Waals surface area contributed by atoms with Gasteiger partial charge in [0.2, 0.25) is 5.91 Å². The second kappa shape index (κ2) is 9.42. The van der Waals surface area contributed by atoms with E-state index in [1.54, 1.807) is 20.8 Å².